The van der Waals surface area contributed by atoms with Crippen LogP contribution in [0.25, 0.3) is 0 Å². The highest BCUT2D eigenvalue weighted by Gasteiger charge is 2.52. The van der Waals surface area contributed by atoms with Crippen molar-refractivity contribution in [2.24, 2.45) is 0 Å². The van der Waals surface area contributed by atoms with Gasteiger partial charge in [-0.2, -0.15) is 0 Å². The Bertz CT molecular complexity index is 1290. The topological polar surface area (TPSA) is 114 Å². The van der Waals surface area contributed by atoms with Crippen LogP contribution in [0.1, 0.15) is 81.7 Å². The van der Waals surface area contributed by atoms with E-state index in [1.807, 2.05) is 18.2 Å². The fraction of sp³-hybridized carbons (Fsp3) is 0.484. The summed E-state index contributed by atoms with van der Waals surface area (Å²) in [5, 5.41) is 0. The van der Waals surface area contributed by atoms with Crippen molar-refractivity contribution >= 4 is 35.6 Å². The van der Waals surface area contributed by atoms with Crippen molar-refractivity contribution in [2.45, 2.75) is 88.8 Å². The Morgan fingerprint density at radius 1 is 0.805 bits per heavy atom. The van der Waals surface area contributed by atoms with Crippen molar-refractivity contribution in [1.29, 1.82) is 0 Å². The number of fused-ring (bicyclic) bond motifs is 1. The predicted octanol–water partition coefficient (Wildman–Crippen LogP) is 4.85. The molecule has 1 fully saturated rings. The van der Waals surface area contributed by atoms with Crippen molar-refractivity contribution < 1.29 is 42.9 Å². The van der Waals surface area contributed by atoms with Crippen LogP contribution in [0.15, 0.2) is 47.4 Å². The molecule has 0 bridgehead atoms. The SMILES string of the molecule is CC(=O)OCC1OC(c2ccc3c(c2)C(c2ccc(C(C)C)cc2)CS3)C(OC(C)=O)C(OC(C)=O)C1OC(C)=O. The third kappa shape index (κ3) is 7.29. The van der Waals surface area contributed by atoms with Gasteiger partial charge in [-0.1, -0.05) is 50.2 Å². The summed E-state index contributed by atoms with van der Waals surface area (Å²) < 4.78 is 28.4. The largest absolute Gasteiger partial charge is 0.463 e. The number of ether oxygens (including phenoxy) is 5. The highest BCUT2D eigenvalue weighted by molar-refractivity contribution is 7.99. The molecule has 4 rings (SSSR count). The van der Waals surface area contributed by atoms with Crippen molar-refractivity contribution in [3.63, 3.8) is 0 Å². The summed E-state index contributed by atoms with van der Waals surface area (Å²) in [6, 6.07) is 14.6. The molecule has 2 aromatic rings. The standard InChI is InChI=1S/C31H36O9S/c1-16(2)21-7-9-22(10-8-21)25-15-41-27-12-11-23(13-24(25)27)28-30(38-19(5)34)31(39-20(6)35)29(37-18(4)33)26(40-28)14-36-17(3)32/h7-13,16,25-26,28-31H,14-15H2,1-6H3. The number of carbonyl (C=O) groups is 4. The zero-order chi connectivity index (χ0) is 29.8. The van der Waals surface area contributed by atoms with Gasteiger partial charge in [0, 0.05) is 44.3 Å². The van der Waals surface area contributed by atoms with E-state index in [-0.39, 0.29) is 12.5 Å². The van der Waals surface area contributed by atoms with Crippen LogP contribution in [0, 0.1) is 0 Å². The normalized spacial score (nSPS) is 25.2. The summed E-state index contributed by atoms with van der Waals surface area (Å²) in [6.07, 6.45) is -5.43. The molecule has 2 aliphatic heterocycles. The fourth-order valence-electron chi connectivity index (χ4n) is 5.30. The van der Waals surface area contributed by atoms with Gasteiger partial charge in [-0.25, -0.2) is 0 Å². The van der Waals surface area contributed by atoms with Crippen LogP contribution in [0.2, 0.25) is 0 Å². The average Bonchev–Trinajstić information content (AvgIpc) is 3.32. The summed E-state index contributed by atoms with van der Waals surface area (Å²) in [5.74, 6) is -1.06. The lowest BCUT2D eigenvalue weighted by atomic mass is 9.87. The Kier molecular flexibility index (Phi) is 9.76. The number of hydrogen-bond acceptors (Lipinski definition) is 10. The smallest absolute Gasteiger partial charge is 0.303 e. The molecule has 0 radical (unpaired) electrons. The molecular weight excluding hydrogens is 548 g/mol. The minimum Gasteiger partial charge on any atom is -0.463 e. The van der Waals surface area contributed by atoms with Crippen LogP contribution in [0.3, 0.4) is 0 Å². The summed E-state index contributed by atoms with van der Waals surface area (Å²) in [6.45, 7) is 8.96. The number of thioether (sulfide) groups is 1. The lowest BCUT2D eigenvalue weighted by Crippen LogP contribution is -2.59. The first kappa shape index (κ1) is 30.6. The van der Waals surface area contributed by atoms with Gasteiger partial charge in [0.15, 0.2) is 18.3 Å². The van der Waals surface area contributed by atoms with Gasteiger partial charge in [-0.3, -0.25) is 19.2 Å². The van der Waals surface area contributed by atoms with Gasteiger partial charge in [0.05, 0.1) is 0 Å². The monoisotopic (exact) mass is 584 g/mol. The second-order valence-corrected chi connectivity index (χ2v) is 11.7. The molecule has 10 heteroatoms. The summed E-state index contributed by atoms with van der Waals surface area (Å²) >= 11 is 1.77. The van der Waals surface area contributed by atoms with Gasteiger partial charge in [-0.15, -0.1) is 11.8 Å². The first-order valence-electron chi connectivity index (χ1n) is 13.6. The molecule has 2 heterocycles. The number of esters is 4. The van der Waals surface area contributed by atoms with Crippen molar-refractivity contribution in [3.05, 3.63) is 64.7 Å². The van der Waals surface area contributed by atoms with Gasteiger partial charge in [0.1, 0.15) is 18.8 Å². The molecule has 1 saturated heterocycles. The van der Waals surface area contributed by atoms with E-state index in [2.05, 4.69) is 38.1 Å². The fourth-order valence-corrected chi connectivity index (χ4v) is 6.55. The van der Waals surface area contributed by atoms with Gasteiger partial charge in [0.25, 0.3) is 0 Å². The molecule has 6 atom stereocenters. The van der Waals surface area contributed by atoms with E-state index in [0.29, 0.717) is 11.5 Å². The number of rotatable bonds is 8. The van der Waals surface area contributed by atoms with Crippen LogP contribution in [0.5, 0.6) is 0 Å². The van der Waals surface area contributed by atoms with Gasteiger partial charge in [0.2, 0.25) is 0 Å². The molecule has 0 spiro atoms. The summed E-state index contributed by atoms with van der Waals surface area (Å²) in [5.41, 5.74) is 4.26. The Balaban J connectivity index is 1.75. The molecule has 2 aliphatic rings. The first-order valence-corrected chi connectivity index (χ1v) is 14.6. The zero-order valence-corrected chi connectivity index (χ0v) is 24.9. The quantitative estimate of drug-likeness (QED) is 0.315. The molecule has 220 valence electrons. The van der Waals surface area contributed by atoms with Gasteiger partial charge in [-0.05, 0) is 34.2 Å². The average molecular weight is 585 g/mol. The second-order valence-electron chi connectivity index (χ2n) is 10.6. The number of benzene rings is 2. The van der Waals surface area contributed by atoms with E-state index in [1.54, 1.807) is 11.8 Å². The Hall–Kier alpha value is -3.37. The molecule has 9 nitrogen and oxygen atoms in total. The van der Waals surface area contributed by atoms with Crippen LogP contribution >= 0.6 is 11.8 Å². The van der Waals surface area contributed by atoms with E-state index in [1.165, 1.54) is 38.8 Å². The minimum absolute atomic E-state index is 0.141. The van der Waals surface area contributed by atoms with E-state index in [4.69, 9.17) is 23.7 Å². The maximum Gasteiger partial charge on any atom is 0.303 e. The van der Waals surface area contributed by atoms with Crippen molar-refractivity contribution in [2.75, 3.05) is 12.4 Å². The number of hydrogen-bond donors (Lipinski definition) is 0. The van der Waals surface area contributed by atoms with Crippen molar-refractivity contribution in [1.82, 2.24) is 0 Å². The molecule has 6 unspecified atom stereocenters. The van der Waals surface area contributed by atoms with E-state index in [0.717, 1.165) is 16.2 Å². The van der Waals surface area contributed by atoms with Crippen LogP contribution in [0.4, 0.5) is 0 Å². The van der Waals surface area contributed by atoms with Crippen LogP contribution < -0.4 is 0 Å². The van der Waals surface area contributed by atoms with Gasteiger partial charge < -0.3 is 23.7 Å². The van der Waals surface area contributed by atoms with Crippen LogP contribution in [-0.4, -0.2) is 60.7 Å². The van der Waals surface area contributed by atoms with Crippen molar-refractivity contribution in [3.8, 4) is 0 Å². The Morgan fingerprint density at radius 3 is 1.98 bits per heavy atom. The zero-order valence-electron chi connectivity index (χ0n) is 24.1. The molecule has 0 aromatic heterocycles. The van der Waals surface area contributed by atoms with E-state index < -0.39 is 54.4 Å². The molecule has 0 saturated carbocycles. The highest BCUT2D eigenvalue weighted by Crippen LogP contribution is 2.46. The van der Waals surface area contributed by atoms with Gasteiger partial charge >= 0.3 is 23.9 Å². The molecule has 2 aromatic carbocycles. The third-order valence-corrected chi connectivity index (χ3v) is 8.32. The number of carbonyl (C=O) groups excluding carboxylic acids is 4. The Morgan fingerprint density at radius 2 is 1.39 bits per heavy atom. The molecule has 0 N–H and O–H groups in total. The molecule has 0 amide bonds. The Labute approximate surface area is 244 Å². The maximum atomic E-state index is 12.2. The molecule has 41 heavy (non-hydrogen) atoms. The molecule has 0 aliphatic carbocycles. The molecular formula is C31H36O9S. The predicted molar refractivity (Wildman–Crippen MR) is 150 cm³/mol. The third-order valence-electron chi connectivity index (χ3n) is 7.14. The summed E-state index contributed by atoms with van der Waals surface area (Å²) in [7, 11) is 0. The second kappa shape index (κ2) is 13.1. The minimum atomic E-state index is -1.21. The van der Waals surface area contributed by atoms with E-state index >= 15 is 0 Å². The van der Waals surface area contributed by atoms with Crippen LogP contribution in [-0.2, 0) is 42.9 Å². The van der Waals surface area contributed by atoms with E-state index in [9.17, 15) is 19.2 Å². The highest BCUT2D eigenvalue weighted by atomic mass is 32.2. The lowest BCUT2D eigenvalue weighted by molar-refractivity contribution is -0.254. The summed E-state index contributed by atoms with van der Waals surface area (Å²) in [4.78, 5) is 49.2. The lowest BCUT2D eigenvalue weighted by Gasteiger charge is -2.44. The first-order chi connectivity index (χ1) is 19.4. The maximum absolute atomic E-state index is 12.2.